The van der Waals surface area contributed by atoms with Crippen LogP contribution in [0.1, 0.15) is 6.92 Å². The molecule has 0 aliphatic heterocycles. The molecule has 0 aromatic heterocycles. The van der Waals surface area contributed by atoms with Gasteiger partial charge in [-0.25, -0.2) is 12.8 Å². The van der Waals surface area contributed by atoms with Crippen LogP contribution in [0.15, 0.2) is 23.1 Å². The Labute approximate surface area is 109 Å². The average molecular weight is 292 g/mol. The molecule has 0 fully saturated rings. The Morgan fingerprint density at radius 2 is 2.11 bits per heavy atom. The highest BCUT2D eigenvalue weighted by molar-refractivity contribution is 7.89. The lowest BCUT2D eigenvalue weighted by Crippen LogP contribution is -2.33. The maximum atomic E-state index is 13.5. The number of rotatable bonds is 5. The normalized spacial score (nSPS) is 13.5. The van der Waals surface area contributed by atoms with Crippen molar-refractivity contribution in [3.63, 3.8) is 0 Å². The lowest BCUT2D eigenvalue weighted by molar-refractivity contribution is -0.385. The summed E-state index contributed by atoms with van der Waals surface area (Å²) in [7, 11) is -3.07. The van der Waals surface area contributed by atoms with Crippen molar-refractivity contribution in [2.75, 3.05) is 13.6 Å². The van der Waals surface area contributed by atoms with E-state index in [1.807, 2.05) is 0 Å². The Balaban J connectivity index is 3.28. The van der Waals surface area contributed by atoms with E-state index in [0.717, 1.165) is 23.5 Å². The maximum absolute atomic E-state index is 13.5. The van der Waals surface area contributed by atoms with Crippen LogP contribution in [0.25, 0.3) is 0 Å². The van der Waals surface area contributed by atoms with Crippen LogP contribution in [0.4, 0.5) is 10.1 Å². The molecule has 0 spiro atoms. The van der Waals surface area contributed by atoms with E-state index in [9.17, 15) is 22.9 Å². The summed E-state index contributed by atoms with van der Waals surface area (Å²) in [6.07, 6.45) is -0.943. The first-order chi connectivity index (χ1) is 8.66. The summed E-state index contributed by atoms with van der Waals surface area (Å²) in [5, 5.41) is 19.7. The number of nitro benzene ring substituents is 1. The number of likely N-dealkylation sites (N-methyl/N-ethyl adjacent to an activating group) is 1. The van der Waals surface area contributed by atoms with Gasteiger partial charge in [-0.15, -0.1) is 0 Å². The molecule has 0 saturated carbocycles. The number of halogens is 1. The highest BCUT2D eigenvalue weighted by Gasteiger charge is 2.27. The van der Waals surface area contributed by atoms with Gasteiger partial charge in [0.1, 0.15) is 10.7 Å². The standard InChI is InChI=1S/C10H13FN2O5S/c1-7(14)6-12(2)19(17,18)10-5-8(13(15)16)3-4-9(10)11/h3-5,7,14H,6H2,1-2H3. The van der Waals surface area contributed by atoms with Gasteiger partial charge in [-0.3, -0.25) is 10.1 Å². The first kappa shape index (κ1) is 15.5. The molecule has 106 valence electrons. The highest BCUT2D eigenvalue weighted by Crippen LogP contribution is 2.23. The summed E-state index contributed by atoms with van der Waals surface area (Å²) in [6.45, 7) is 1.13. The van der Waals surface area contributed by atoms with E-state index in [-0.39, 0.29) is 6.54 Å². The minimum absolute atomic E-state index is 0.246. The summed E-state index contributed by atoms with van der Waals surface area (Å²) in [4.78, 5) is 8.97. The number of hydrogen-bond donors (Lipinski definition) is 1. The summed E-state index contributed by atoms with van der Waals surface area (Å²) < 4.78 is 38.3. The Hall–Kier alpha value is -1.58. The van der Waals surface area contributed by atoms with Gasteiger partial charge in [0.05, 0.1) is 11.0 Å². The molecule has 0 bridgehead atoms. The smallest absolute Gasteiger partial charge is 0.270 e. The van der Waals surface area contributed by atoms with Gasteiger partial charge in [0.15, 0.2) is 0 Å². The summed E-state index contributed by atoms with van der Waals surface area (Å²) >= 11 is 0. The van der Waals surface area contributed by atoms with Crippen LogP contribution in [0, 0.1) is 15.9 Å². The van der Waals surface area contributed by atoms with Gasteiger partial charge >= 0.3 is 0 Å². The molecule has 9 heteroatoms. The Kier molecular flexibility index (Phi) is 4.56. The first-order valence-corrected chi connectivity index (χ1v) is 6.68. The van der Waals surface area contributed by atoms with Gasteiger partial charge in [-0.2, -0.15) is 4.31 Å². The van der Waals surface area contributed by atoms with Crippen molar-refractivity contribution in [2.45, 2.75) is 17.9 Å². The number of non-ortho nitro benzene ring substituents is 1. The fourth-order valence-corrected chi connectivity index (χ4v) is 2.77. The molecular formula is C10H13FN2O5S. The molecule has 0 heterocycles. The number of aliphatic hydroxyl groups is 1. The van der Waals surface area contributed by atoms with E-state index in [2.05, 4.69) is 0 Å². The molecule has 0 aliphatic rings. The molecule has 0 saturated heterocycles. The predicted molar refractivity (Wildman–Crippen MR) is 64.6 cm³/mol. The summed E-state index contributed by atoms with van der Waals surface area (Å²) in [6, 6.07) is 2.26. The minimum atomic E-state index is -4.23. The van der Waals surface area contributed by atoms with E-state index in [1.165, 1.54) is 6.92 Å². The SMILES string of the molecule is CC(O)CN(C)S(=O)(=O)c1cc([N+](=O)[O-])ccc1F. The van der Waals surface area contributed by atoms with Crippen LogP contribution in [-0.4, -0.2) is 42.4 Å². The molecule has 1 N–H and O–H groups in total. The second-order valence-electron chi connectivity index (χ2n) is 4.01. The van der Waals surface area contributed by atoms with Gasteiger partial charge in [-0.05, 0) is 13.0 Å². The number of aliphatic hydroxyl groups excluding tert-OH is 1. The summed E-state index contributed by atoms with van der Waals surface area (Å²) in [5.74, 6) is -1.08. The number of nitrogens with zero attached hydrogens (tertiary/aromatic N) is 2. The third-order valence-electron chi connectivity index (χ3n) is 2.34. The number of hydrogen-bond acceptors (Lipinski definition) is 5. The number of sulfonamides is 1. The van der Waals surface area contributed by atoms with Crippen LogP contribution in [0.2, 0.25) is 0 Å². The molecule has 1 atom stereocenters. The topological polar surface area (TPSA) is 101 Å². The molecule has 1 aromatic carbocycles. The zero-order valence-corrected chi connectivity index (χ0v) is 11.1. The van der Waals surface area contributed by atoms with Crippen LogP contribution in [0.3, 0.4) is 0 Å². The van der Waals surface area contributed by atoms with Gasteiger partial charge in [0.25, 0.3) is 5.69 Å². The molecule has 1 rings (SSSR count). The number of benzene rings is 1. The molecule has 0 amide bonds. The van der Waals surface area contributed by atoms with E-state index < -0.39 is 37.5 Å². The fourth-order valence-electron chi connectivity index (χ4n) is 1.44. The zero-order chi connectivity index (χ0) is 14.8. The van der Waals surface area contributed by atoms with Crippen molar-refractivity contribution in [3.05, 3.63) is 34.1 Å². The lowest BCUT2D eigenvalue weighted by Gasteiger charge is -2.18. The molecule has 1 unspecified atom stereocenters. The maximum Gasteiger partial charge on any atom is 0.270 e. The van der Waals surface area contributed by atoms with Crippen molar-refractivity contribution in [2.24, 2.45) is 0 Å². The van der Waals surface area contributed by atoms with Crippen molar-refractivity contribution < 1.29 is 22.8 Å². The van der Waals surface area contributed by atoms with Gasteiger partial charge in [0.2, 0.25) is 10.0 Å². The highest BCUT2D eigenvalue weighted by atomic mass is 32.2. The molecule has 0 radical (unpaired) electrons. The third kappa shape index (κ3) is 3.46. The Bertz CT molecular complexity index is 588. The van der Waals surface area contributed by atoms with E-state index in [1.54, 1.807) is 0 Å². The second kappa shape index (κ2) is 5.59. The molecule has 0 aliphatic carbocycles. The largest absolute Gasteiger partial charge is 0.392 e. The predicted octanol–water partition coefficient (Wildman–Crippen LogP) is 0.735. The molecule has 1 aromatic rings. The monoisotopic (exact) mass is 292 g/mol. The Morgan fingerprint density at radius 1 is 1.53 bits per heavy atom. The minimum Gasteiger partial charge on any atom is -0.392 e. The van der Waals surface area contributed by atoms with Gasteiger partial charge in [-0.1, -0.05) is 0 Å². The molecule has 19 heavy (non-hydrogen) atoms. The van der Waals surface area contributed by atoms with Gasteiger partial charge in [0, 0.05) is 25.7 Å². The van der Waals surface area contributed by atoms with Crippen molar-refractivity contribution in [3.8, 4) is 0 Å². The van der Waals surface area contributed by atoms with Crippen LogP contribution in [-0.2, 0) is 10.0 Å². The fraction of sp³-hybridized carbons (Fsp3) is 0.400. The zero-order valence-electron chi connectivity index (χ0n) is 10.3. The van der Waals surface area contributed by atoms with Crippen molar-refractivity contribution >= 4 is 15.7 Å². The summed E-state index contributed by atoms with van der Waals surface area (Å²) in [5.41, 5.74) is -0.523. The number of nitro groups is 1. The molecule has 7 nitrogen and oxygen atoms in total. The van der Waals surface area contributed by atoms with Gasteiger partial charge < -0.3 is 5.11 Å². The Morgan fingerprint density at radius 3 is 2.58 bits per heavy atom. The lowest BCUT2D eigenvalue weighted by atomic mass is 10.3. The van der Waals surface area contributed by atoms with Crippen LogP contribution < -0.4 is 0 Å². The van der Waals surface area contributed by atoms with Crippen LogP contribution in [0.5, 0.6) is 0 Å². The van der Waals surface area contributed by atoms with Crippen molar-refractivity contribution in [1.82, 2.24) is 4.31 Å². The average Bonchev–Trinajstić information content (AvgIpc) is 2.27. The van der Waals surface area contributed by atoms with Crippen molar-refractivity contribution in [1.29, 1.82) is 0 Å². The quantitative estimate of drug-likeness (QED) is 0.637. The molecular weight excluding hydrogens is 279 g/mol. The second-order valence-corrected chi connectivity index (χ2v) is 6.02. The van der Waals surface area contributed by atoms with E-state index >= 15 is 0 Å². The third-order valence-corrected chi connectivity index (χ3v) is 4.17. The first-order valence-electron chi connectivity index (χ1n) is 5.24. The van der Waals surface area contributed by atoms with E-state index in [0.29, 0.717) is 6.07 Å². The van der Waals surface area contributed by atoms with E-state index in [4.69, 9.17) is 5.11 Å². The van der Waals surface area contributed by atoms with Crippen LogP contribution >= 0.6 is 0 Å².